The fourth-order valence-corrected chi connectivity index (χ4v) is 4.58. The summed E-state index contributed by atoms with van der Waals surface area (Å²) in [5.74, 6) is -1.63. The van der Waals surface area contributed by atoms with Gasteiger partial charge in [0.1, 0.15) is 5.76 Å². The number of Topliss-reactive ketones (excluding diaryl/α,β-unsaturated/α-hetero) is 1. The molecule has 0 saturated carbocycles. The van der Waals surface area contributed by atoms with Crippen LogP contribution >= 0.6 is 23.2 Å². The SMILES string of the molecule is COc1c(Cl)cc(/C(O)=C2\C(=O)C(=O)N(Cc3ccccn3)C2c2cccc(C)c2)cc1Cl. The third kappa shape index (κ3) is 4.32. The van der Waals surface area contributed by atoms with E-state index < -0.39 is 17.7 Å². The number of aliphatic hydroxyl groups is 1. The summed E-state index contributed by atoms with van der Waals surface area (Å²) in [6.07, 6.45) is 1.62. The van der Waals surface area contributed by atoms with Crippen molar-refractivity contribution >= 4 is 40.7 Å². The first-order chi connectivity index (χ1) is 15.8. The Labute approximate surface area is 201 Å². The van der Waals surface area contributed by atoms with Crippen LogP contribution in [-0.2, 0) is 16.1 Å². The molecule has 1 amide bonds. The van der Waals surface area contributed by atoms with Crippen LogP contribution in [-0.4, -0.2) is 33.8 Å². The van der Waals surface area contributed by atoms with Gasteiger partial charge in [-0.3, -0.25) is 14.6 Å². The summed E-state index contributed by atoms with van der Waals surface area (Å²) in [6.45, 7) is 2.02. The molecule has 1 aliphatic heterocycles. The quantitative estimate of drug-likeness (QED) is 0.302. The molecule has 0 radical (unpaired) electrons. The molecule has 1 saturated heterocycles. The molecule has 4 rings (SSSR count). The van der Waals surface area contributed by atoms with E-state index in [9.17, 15) is 14.7 Å². The molecule has 1 N–H and O–H groups in total. The lowest BCUT2D eigenvalue weighted by molar-refractivity contribution is -0.140. The molecular weight excluding hydrogens is 463 g/mol. The Morgan fingerprint density at radius 3 is 2.42 bits per heavy atom. The third-order valence-corrected chi connectivity index (χ3v) is 5.99. The number of halogens is 2. The van der Waals surface area contributed by atoms with E-state index in [1.807, 2.05) is 37.3 Å². The first kappa shape index (κ1) is 22.8. The van der Waals surface area contributed by atoms with Crippen molar-refractivity contribution in [3.8, 4) is 5.75 Å². The van der Waals surface area contributed by atoms with Gasteiger partial charge in [0.15, 0.2) is 5.75 Å². The number of carbonyl (C=O) groups excluding carboxylic acids is 2. The molecular formula is C25H20Cl2N2O4. The normalized spacial score (nSPS) is 17.5. The van der Waals surface area contributed by atoms with Crippen LogP contribution in [0.1, 0.15) is 28.4 Å². The van der Waals surface area contributed by atoms with Crippen LogP contribution < -0.4 is 4.74 Å². The van der Waals surface area contributed by atoms with E-state index in [1.165, 1.54) is 24.1 Å². The predicted molar refractivity (Wildman–Crippen MR) is 126 cm³/mol. The monoisotopic (exact) mass is 482 g/mol. The summed E-state index contributed by atoms with van der Waals surface area (Å²) in [4.78, 5) is 32.0. The predicted octanol–water partition coefficient (Wildman–Crippen LogP) is 5.33. The van der Waals surface area contributed by atoms with E-state index in [0.29, 0.717) is 11.3 Å². The highest BCUT2D eigenvalue weighted by molar-refractivity contribution is 6.46. The minimum absolute atomic E-state index is 0.0427. The number of likely N-dealkylation sites (tertiary alicyclic amines) is 1. The van der Waals surface area contributed by atoms with Crippen molar-refractivity contribution < 1.29 is 19.4 Å². The number of aryl methyl sites for hydroxylation is 1. The lowest BCUT2D eigenvalue weighted by Crippen LogP contribution is -2.29. The molecule has 1 aliphatic rings. The van der Waals surface area contributed by atoms with Gasteiger partial charge in [-0.2, -0.15) is 0 Å². The molecule has 0 bridgehead atoms. The van der Waals surface area contributed by atoms with Crippen molar-refractivity contribution in [1.82, 2.24) is 9.88 Å². The fraction of sp³-hybridized carbons (Fsp3) is 0.160. The zero-order chi connectivity index (χ0) is 23.7. The lowest BCUT2D eigenvalue weighted by atomic mass is 9.94. The molecule has 1 unspecified atom stereocenters. The maximum absolute atomic E-state index is 13.2. The van der Waals surface area contributed by atoms with Crippen LogP contribution in [0.25, 0.3) is 5.76 Å². The van der Waals surface area contributed by atoms with Crippen LogP contribution in [0.2, 0.25) is 10.0 Å². The Kier molecular flexibility index (Phi) is 6.40. The number of nitrogens with zero attached hydrogens (tertiary/aromatic N) is 2. The van der Waals surface area contributed by atoms with Crippen LogP contribution in [0.4, 0.5) is 0 Å². The van der Waals surface area contributed by atoms with Gasteiger partial charge in [0.05, 0.1) is 41.0 Å². The molecule has 2 aromatic carbocycles. The zero-order valence-electron chi connectivity index (χ0n) is 17.9. The minimum atomic E-state index is -0.813. The Morgan fingerprint density at radius 2 is 1.82 bits per heavy atom. The van der Waals surface area contributed by atoms with E-state index in [2.05, 4.69) is 4.98 Å². The van der Waals surface area contributed by atoms with Gasteiger partial charge in [-0.15, -0.1) is 0 Å². The van der Waals surface area contributed by atoms with E-state index in [0.717, 1.165) is 5.56 Å². The number of ketones is 1. The standard InChI is InChI=1S/C25H20Cl2N2O4/c1-14-6-5-7-15(10-14)21-20(22(30)16-11-18(26)24(33-2)19(27)12-16)23(31)25(32)29(21)13-17-8-3-4-9-28-17/h3-12,21,30H,13H2,1-2H3/b22-20+. The Hall–Kier alpha value is -3.35. The van der Waals surface area contributed by atoms with Crippen molar-refractivity contribution in [2.45, 2.75) is 19.5 Å². The van der Waals surface area contributed by atoms with Gasteiger partial charge in [-0.05, 0) is 36.8 Å². The number of methoxy groups -OCH3 is 1. The van der Waals surface area contributed by atoms with E-state index in [4.69, 9.17) is 27.9 Å². The lowest BCUT2D eigenvalue weighted by Gasteiger charge is -2.25. The molecule has 1 aromatic heterocycles. The summed E-state index contributed by atoms with van der Waals surface area (Å²) >= 11 is 12.5. The summed E-state index contributed by atoms with van der Waals surface area (Å²) in [5.41, 5.74) is 2.43. The number of benzene rings is 2. The Balaban J connectivity index is 1.90. The number of aromatic nitrogens is 1. The topological polar surface area (TPSA) is 79.7 Å². The smallest absolute Gasteiger partial charge is 0.296 e. The average Bonchev–Trinajstić information content (AvgIpc) is 3.04. The third-order valence-electron chi connectivity index (χ3n) is 5.43. The molecule has 2 heterocycles. The molecule has 168 valence electrons. The Morgan fingerprint density at radius 1 is 1.09 bits per heavy atom. The first-order valence-corrected chi connectivity index (χ1v) is 10.9. The van der Waals surface area contributed by atoms with Gasteiger partial charge in [0.25, 0.3) is 11.7 Å². The number of aliphatic hydroxyl groups excluding tert-OH is 1. The van der Waals surface area contributed by atoms with E-state index >= 15 is 0 Å². The number of carbonyl (C=O) groups is 2. The van der Waals surface area contributed by atoms with Crippen LogP contribution in [0.5, 0.6) is 5.75 Å². The van der Waals surface area contributed by atoms with Crippen molar-refractivity contribution in [2.24, 2.45) is 0 Å². The zero-order valence-corrected chi connectivity index (χ0v) is 19.4. The number of rotatable bonds is 5. The molecule has 1 atom stereocenters. The highest BCUT2D eigenvalue weighted by atomic mass is 35.5. The summed E-state index contributed by atoms with van der Waals surface area (Å²) in [7, 11) is 1.42. The molecule has 0 spiro atoms. The second kappa shape index (κ2) is 9.25. The highest BCUT2D eigenvalue weighted by Gasteiger charge is 2.46. The molecule has 33 heavy (non-hydrogen) atoms. The van der Waals surface area contributed by atoms with Gasteiger partial charge in [0, 0.05) is 11.8 Å². The maximum atomic E-state index is 13.2. The van der Waals surface area contributed by atoms with Gasteiger partial charge in [0.2, 0.25) is 0 Å². The molecule has 0 aliphatic carbocycles. The second-order valence-electron chi connectivity index (χ2n) is 7.64. The minimum Gasteiger partial charge on any atom is -0.507 e. The van der Waals surface area contributed by atoms with Gasteiger partial charge in [-0.1, -0.05) is 59.1 Å². The van der Waals surface area contributed by atoms with Crippen molar-refractivity contribution in [2.75, 3.05) is 7.11 Å². The van der Waals surface area contributed by atoms with E-state index in [1.54, 1.807) is 18.3 Å². The number of pyridine rings is 1. The molecule has 3 aromatic rings. The van der Waals surface area contributed by atoms with Crippen LogP contribution in [0, 0.1) is 6.92 Å². The Bertz CT molecular complexity index is 1250. The molecule has 6 nitrogen and oxygen atoms in total. The molecule has 8 heteroatoms. The van der Waals surface area contributed by atoms with E-state index in [-0.39, 0.29) is 39.2 Å². The van der Waals surface area contributed by atoms with Crippen LogP contribution in [0.15, 0.2) is 66.4 Å². The summed E-state index contributed by atoms with van der Waals surface area (Å²) < 4.78 is 5.16. The van der Waals surface area contributed by atoms with Crippen molar-refractivity contribution in [3.63, 3.8) is 0 Å². The average molecular weight is 483 g/mol. The van der Waals surface area contributed by atoms with Gasteiger partial charge >= 0.3 is 0 Å². The van der Waals surface area contributed by atoms with Gasteiger partial charge < -0.3 is 14.7 Å². The summed E-state index contributed by atoms with van der Waals surface area (Å²) in [6, 6.07) is 14.9. The van der Waals surface area contributed by atoms with Gasteiger partial charge in [-0.25, -0.2) is 0 Å². The fourth-order valence-electron chi connectivity index (χ4n) is 3.94. The highest BCUT2D eigenvalue weighted by Crippen LogP contribution is 2.42. The number of amides is 1. The maximum Gasteiger partial charge on any atom is 0.296 e. The molecule has 1 fully saturated rings. The second-order valence-corrected chi connectivity index (χ2v) is 8.45. The number of hydrogen-bond donors (Lipinski definition) is 1. The van der Waals surface area contributed by atoms with Crippen molar-refractivity contribution in [1.29, 1.82) is 0 Å². The van der Waals surface area contributed by atoms with Crippen LogP contribution in [0.3, 0.4) is 0 Å². The summed E-state index contributed by atoms with van der Waals surface area (Å²) in [5, 5.41) is 11.5. The largest absolute Gasteiger partial charge is 0.507 e. The first-order valence-electron chi connectivity index (χ1n) is 10.1. The number of hydrogen-bond acceptors (Lipinski definition) is 5. The number of ether oxygens (including phenoxy) is 1. The van der Waals surface area contributed by atoms with Crippen molar-refractivity contribution in [3.05, 3.63) is 98.8 Å².